The Labute approximate surface area is 201 Å². The molecule has 0 spiro atoms. The molecule has 0 atom stereocenters. The van der Waals surface area contributed by atoms with E-state index in [0.29, 0.717) is 37.4 Å². The number of rotatable bonds is 4. The number of hydrogen-bond acceptors (Lipinski definition) is 4. The van der Waals surface area contributed by atoms with Crippen molar-refractivity contribution in [1.29, 1.82) is 0 Å². The number of carbonyl (C=O) groups excluding carboxylic acids is 2. The van der Waals surface area contributed by atoms with Gasteiger partial charge in [0.2, 0.25) is 21.8 Å². The first kappa shape index (κ1) is 23.1. The van der Waals surface area contributed by atoms with Crippen molar-refractivity contribution in [3.63, 3.8) is 0 Å². The summed E-state index contributed by atoms with van der Waals surface area (Å²) in [6.07, 6.45) is 3.58. The van der Waals surface area contributed by atoms with Crippen LogP contribution < -0.4 is 4.90 Å². The summed E-state index contributed by atoms with van der Waals surface area (Å²) in [5.41, 5.74) is 2.78. The second kappa shape index (κ2) is 8.50. The highest BCUT2D eigenvalue weighted by molar-refractivity contribution is 7.89. The van der Waals surface area contributed by atoms with E-state index in [-0.39, 0.29) is 23.3 Å². The summed E-state index contributed by atoms with van der Waals surface area (Å²) in [6, 6.07) is 13.0. The molecule has 5 rings (SSSR count). The average Bonchev–Trinajstić information content (AvgIpc) is 3.04. The maximum Gasteiger partial charge on any atom is 0.243 e. The Morgan fingerprint density at radius 3 is 2.41 bits per heavy atom. The fourth-order valence-corrected chi connectivity index (χ4v) is 6.87. The largest absolute Gasteiger partial charge is 0.336 e. The third-order valence-corrected chi connectivity index (χ3v) is 9.34. The van der Waals surface area contributed by atoms with Crippen molar-refractivity contribution < 1.29 is 18.0 Å². The number of anilines is 1. The Balaban J connectivity index is 1.40. The lowest BCUT2D eigenvalue weighted by molar-refractivity contribution is -0.132. The molecule has 0 unspecified atom stereocenters. The van der Waals surface area contributed by atoms with Gasteiger partial charge in [-0.15, -0.1) is 0 Å². The molecule has 34 heavy (non-hydrogen) atoms. The van der Waals surface area contributed by atoms with E-state index in [0.717, 1.165) is 31.2 Å². The number of sulfonamides is 1. The van der Waals surface area contributed by atoms with E-state index in [1.54, 1.807) is 36.9 Å². The van der Waals surface area contributed by atoms with Gasteiger partial charge in [-0.3, -0.25) is 9.59 Å². The van der Waals surface area contributed by atoms with Gasteiger partial charge in [0.05, 0.1) is 10.3 Å². The molecule has 0 aliphatic carbocycles. The lowest BCUT2D eigenvalue weighted by Crippen LogP contribution is -2.45. The fourth-order valence-electron chi connectivity index (χ4n) is 5.33. The number of fused-ring (bicyclic) bond motifs is 2. The van der Waals surface area contributed by atoms with E-state index < -0.39 is 15.4 Å². The van der Waals surface area contributed by atoms with Crippen LogP contribution in [0.3, 0.4) is 0 Å². The average molecular weight is 482 g/mol. The van der Waals surface area contributed by atoms with Gasteiger partial charge in [-0.2, -0.15) is 4.31 Å². The zero-order chi connectivity index (χ0) is 24.1. The molecular formula is C26H31N3O4S. The predicted octanol–water partition coefficient (Wildman–Crippen LogP) is 3.07. The van der Waals surface area contributed by atoms with Gasteiger partial charge in [0.25, 0.3) is 0 Å². The van der Waals surface area contributed by atoms with E-state index in [1.165, 1.54) is 14.8 Å². The molecule has 0 radical (unpaired) electrons. The molecule has 1 saturated heterocycles. The summed E-state index contributed by atoms with van der Waals surface area (Å²) in [5, 5.41) is 0. The van der Waals surface area contributed by atoms with Gasteiger partial charge in [-0.05, 0) is 68.0 Å². The first-order chi connectivity index (χ1) is 16.2. The molecule has 180 valence electrons. The predicted molar refractivity (Wildman–Crippen MR) is 130 cm³/mol. The van der Waals surface area contributed by atoms with Crippen LogP contribution in [0, 0.1) is 0 Å². The summed E-state index contributed by atoms with van der Waals surface area (Å²) >= 11 is 0. The quantitative estimate of drug-likeness (QED) is 0.673. The summed E-state index contributed by atoms with van der Waals surface area (Å²) < 4.78 is 28.0. The minimum absolute atomic E-state index is 0.0460. The topological polar surface area (TPSA) is 78.0 Å². The minimum Gasteiger partial charge on any atom is -0.336 e. The van der Waals surface area contributed by atoms with Crippen molar-refractivity contribution in [3.8, 4) is 0 Å². The molecule has 0 bridgehead atoms. The zero-order valence-corrected chi connectivity index (χ0v) is 20.6. The van der Waals surface area contributed by atoms with Crippen molar-refractivity contribution in [2.75, 3.05) is 31.1 Å². The smallest absolute Gasteiger partial charge is 0.243 e. The van der Waals surface area contributed by atoms with Crippen LogP contribution in [-0.4, -0.2) is 55.6 Å². The Kier molecular flexibility index (Phi) is 5.76. The van der Waals surface area contributed by atoms with Crippen LogP contribution in [0.2, 0.25) is 0 Å². The van der Waals surface area contributed by atoms with Crippen LogP contribution in [0.5, 0.6) is 0 Å². The van der Waals surface area contributed by atoms with E-state index in [2.05, 4.69) is 6.07 Å². The first-order valence-electron chi connectivity index (χ1n) is 12.0. The van der Waals surface area contributed by atoms with Crippen molar-refractivity contribution in [3.05, 3.63) is 59.2 Å². The molecule has 3 aliphatic rings. The van der Waals surface area contributed by atoms with Crippen LogP contribution in [0.4, 0.5) is 5.69 Å². The number of piperidine rings is 1. The number of carbonyl (C=O) groups is 2. The molecule has 0 N–H and O–H groups in total. The van der Waals surface area contributed by atoms with Crippen molar-refractivity contribution in [2.45, 2.75) is 56.4 Å². The van der Waals surface area contributed by atoms with Crippen LogP contribution in [0.15, 0.2) is 47.4 Å². The maximum atomic E-state index is 13.4. The lowest BCUT2D eigenvalue weighted by atomic mass is 9.86. The van der Waals surface area contributed by atoms with Crippen molar-refractivity contribution >= 4 is 27.5 Å². The number of hydrogen-bond donors (Lipinski definition) is 0. The van der Waals surface area contributed by atoms with Crippen LogP contribution in [0.1, 0.15) is 49.8 Å². The molecule has 0 aromatic heterocycles. The molecule has 2 amide bonds. The van der Waals surface area contributed by atoms with Crippen LogP contribution in [0.25, 0.3) is 0 Å². The van der Waals surface area contributed by atoms with E-state index in [4.69, 9.17) is 0 Å². The standard InChI is InChI=1S/C26H31N3O4S/c1-26(2)22-16-21(34(32,33)28-13-6-3-7-14-28)10-11-23(22)29(25(26)31)18-24(30)27-15-12-19-8-4-5-9-20(19)17-27/h4-5,8-11,16H,3,6-7,12-15,17-18H2,1-2H3. The first-order valence-corrected chi connectivity index (χ1v) is 13.4. The summed E-state index contributed by atoms with van der Waals surface area (Å²) in [6.45, 7) is 5.78. The highest BCUT2D eigenvalue weighted by atomic mass is 32.2. The second-order valence-corrected chi connectivity index (χ2v) is 11.9. The summed E-state index contributed by atoms with van der Waals surface area (Å²) in [5.74, 6) is -0.280. The van der Waals surface area contributed by atoms with Gasteiger partial charge in [0.15, 0.2) is 0 Å². The minimum atomic E-state index is -3.61. The van der Waals surface area contributed by atoms with Gasteiger partial charge in [-0.25, -0.2) is 8.42 Å². The highest BCUT2D eigenvalue weighted by Gasteiger charge is 2.45. The van der Waals surface area contributed by atoms with Crippen molar-refractivity contribution in [2.24, 2.45) is 0 Å². The lowest BCUT2D eigenvalue weighted by Gasteiger charge is -2.30. The Bertz CT molecular complexity index is 1250. The molecule has 2 aromatic rings. The molecule has 8 heteroatoms. The van der Waals surface area contributed by atoms with E-state index in [1.807, 2.05) is 18.2 Å². The summed E-state index contributed by atoms with van der Waals surface area (Å²) in [4.78, 5) is 30.1. The second-order valence-electron chi connectivity index (χ2n) is 9.99. The Morgan fingerprint density at radius 1 is 0.971 bits per heavy atom. The van der Waals surface area contributed by atoms with Crippen molar-refractivity contribution in [1.82, 2.24) is 9.21 Å². The zero-order valence-electron chi connectivity index (χ0n) is 19.8. The van der Waals surface area contributed by atoms with Crippen LogP contribution in [-0.2, 0) is 38.0 Å². The molecule has 3 aliphatic heterocycles. The summed E-state index contributed by atoms with van der Waals surface area (Å²) in [7, 11) is -3.61. The van der Waals surface area contributed by atoms with Gasteiger partial charge in [-0.1, -0.05) is 30.7 Å². The normalized spacial score (nSPS) is 20.2. The molecule has 7 nitrogen and oxygen atoms in total. The molecule has 2 aromatic carbocycles. The fraction of sp³-hybridized carbons (Fsp3) is 0.462. The molecule has 3 heterocycles. The SMILES string of the molecule is CC1(C)C(=O)N(CC(=O)N2CCc3ccccc3C2)c2ccc(S(=O)(=O)N3CCCCC3)cc21. The number of nitrogens with zero attached hydrogens (tertiary/aromatic N) is 3. The number of benzene rings is 2. The molecule has 1 fully saturated rings. The molecule has 0 saturated carbocycles. The highest BCUT2D eigenvalue weighted by Crippen LogP contribution is 2.43. The van der Waals surface area contributed by atoms with E-state index in [9.17, 15) is 18.0 Å². The van der Waals surface area contributed by atoms with Gasteiger partial charge < -0.3 is 9.80 Å². The van der Waals surface area contributed by atoms with Gasteiger partial charge >= 0.3 is 0 Å². The Hall–Kier alpha value is -2.71. The van der Waals surface area contributed by atoms with Gasteiger partial charge in [0, 0.05) is 31.9 Å². The number of amides is 2. The molecular weight excluding hydrogens is 450 g/mol. The Morgan fingerprint density at radius 2 is 1.68 bits per heavy atom. The van der Waals surface area contributed by atoms with Crippen LogP contribution >= 0.6 is 0 Å². The third-order valence-electron chi connectivity index (χ3n) is 7.44. The van der Waals surface area contributed by atoms with Gasteiger partial charge in [0.1, 0.15) is 6.54 Å². The third kappa shape index (κ3) is 3.82. The van der Waals surface area contributed by atoms with E-state index >= 15 is 0 Å². The maximum absolute atomic E-state index is 13.4. The monoisotopic (exact) mass is 481 g/mol.